The van der Waals surface area contributed by atoms with Crippen molar-refractivity contribution in [1.29, 1.82) is 0 Å². The number of rotatable bonds is 44. The van der Waals surface area contributed by atoms with Crippen LogP contribution in [-0.2, 0) is 41.8 Å². The van der Waals surface area contributed by atoms with Crippen molar-refractivity contribution in [3.63, 3.8) is 0 Å². The van der Waals surface area contributed by atoms with E-state index in [0.717, 1.165) is 44.4 Å². The molecule has 14 nitrogen and oxygen atoms in total. The summed E-state index contributed by atoms with van der Waals surface area (Å²) in [5.74, 6) is -0.300. The third kappa shape index (κ3) is 46.3. The maximum Gasteiger partial charge on any atom is 0.472 e. The average molecular weight is 949 g/mol. The second-order valence-electron chi connectivity index (χ2n) is 16.7. The lowest BCUT2D eigenvalue weighted by molar-refractivity contribution is -0.161. The van der Waals surface area contributed by atoms with E-state index in [4.69, 9.17) is 23.8 Å². The lowest BCUT2D eigenvalue weighted by atomic mass is 10.0. The highest BCUT2D eigenvalue weighted by molar-refractivity contribution is 7.47. The summed E-state index contributed by atoms with van der Waals surface area (Å²) < 4.78 is 47.8. The van der Waals surface area contributed by atoms with E-state index in [2.05, 4.69) is 47.2 Å². The number of hydrogen-bond acceptors (Lipinski definition) is 11. The molecule has 0 spiro atoms. The monoisotopic (exact) mass is 949 g/mol. The molecule has 0 heterocycles. The fourth-order valence-electron chi connectivity index (χ4n) is 6.23. The molecular weight excluding hydrogens is 862 g/mol. The van der Waals surface area contributed by atoms with Gasteiger partial charge in [-0.05, 0) is 50.9 Å². The molecule has 0 fully saturated rings. The molecule has 0 aromatic heterocycles. The van der Waals surface area contributed by atoms with Crippen molar-refractivity contribution < 1.29 is 66.7 Å². The summed E-state index contributed by atoms with van der Waals surface area (Å²) in [6.45, 7) is 3.71. The van der Waals surface area contributed by atoms with Gasteiger partial charge >= 0.3 is 27.6 Å². The first-order valence-electron chi connectivity index (χ1n) is 23.9. The summed E-state index contributed by atoms with van der Waals surface area (Å²) >= 11 is 0. The standard InChI is InChI=1S/C48H86O14P2/c1-4-44(49)36-32-28-24-20-16-12-9-10-13-17-21-25-29-33-37-47(51)58-41-46(42-61-64(56,57)60-40-45(50)39-59-63(53,54)55)62-48(52)38-34-30-26-22-18-14-8-6-5-7-11-15-19-23-27-31-35-43(2)3/h10,12-13,16,21,24-25,28,32,36,43-46,49-50H,4-9,11,14-15,17-20,22-23,26-27,29-31,33-35,37-42H2,1-3H3,(H,56,57)(H2,53,54,55)/b13-10-,16-12-,25-21-,28-24-,36-32+/t44-,45-,46+/m0/s1. The van der Waals surface area contributed by atoms with E-state index >= 15 is 0 Å². The molecule has 372 valence electrons. The molecular formula is C48H86O14P2. The van der Waals surface area contributed by atoms with Gasteiger partial charge in [0, 0.05) is 12.8 Å². The largest absolute Gasteiger partial charge is 0.472 e. The van der Waals surface area contributed by atoms with E-state index in [9.17, 15) is 33.8 Å². The Balaban J connectivity index is 4.54. The van der Waals surface area contributed by atoms with E-state index in [1.165, 1.54) is 83.5 Å². The first-order valence-corrected chi connectivity index (χ1v) is 27.0. The highest BCUT2D eigenvalue weighted by Crippen LogP contribution is 2.43. The van der Waals surface area contributed by atoms with Gasteiger partial charge in [0.1, 0.15) is 12.7 Å². The van der Waals surface area contributed by atoms with Gasteiger partial charge in [-0.15, -0.1) is 0 Å². The zero-order valence-corrected chi connectivity index (χ0v) is 41.2. The number of unbranched alkanes of at least 4 members (excludes halogenated alkanes) is 16. The van der Waals surface area contributed by atoms with Crippen LogP contribution in [0.25, 0.3) is 0 Å². The van der Waals surface area contributed by atoms with Gasteiger partial charge in [-0.25, -0.2) is 9.13 Å². The fourth-order valence-corrected chi connectivity index (χ4v) is 7.38. The first-order chi connectivity index (χ1) is 30.6. The van der Waals surface area contributed by atoms with Crippen LogP contribution >= 0.6 is 15.6 Å². The van der Waals surface area contributed by atoms with E-state index in [-0.39, 0.29) is 12.8 Å². The number of ether oxygens (including phenoxy) is 2. The minimum atomic E-state index is -4.88. The number of carbonyl (C=O) groups excluding carboxylic acids is 2. The number of esters is 2. The Morgan fingerprint density at radius 2 is 1.02 bits per heavy atom. The smallest absolute Gasteiger partial charge is 0.462 e. The summed E-state index contributed by atoms with van der Waals surface area (Å²) in [6, 6.07) is 0. The molecule has 4 atom stereocenters. The lowest BCUT2D eigenvalue weighted by Crippen LogP contribution is -2.30. The maximum atomic E-state index is 12.7. The molecule has 1 unspecified atom stereocenters. The van der Waals surface area contributed by atoms with Crippen molar-refractivity contribution in [3.8, 4) is 0 Å². The quantitative estimate of drug-likeness (QED) is 0.0126. The molecule has 0 rings (SSSR count). The molecule has 16 heteroatoms. The van der Waals surface area contributed by atoms with Crippen LogP contribution in [0, 0.1) is 5.92 Å². The van der Waals surface area contributed by atoms with Gasteiger partial charge < -0.3 is 34.4 Å². The predicted molar refractivity (Wildman–Crippen MR) is 254 cm³/mol. The van der Waals surface area contributed by atoms with Crippen molar-refractivity contribution in [2.75, 3.05) is 26.4 Å². The second kappa shape index (κ2) is 42.2. The summed E-state index contributed by atoms with van der Waals surface area (Å²) in [4.78, 5) is 52.8. The van der Waals surface area contributed by atoms with Crippen molar-refractivity contribution >= 4 is 27.6 Å². The maximum absolute atomic E-state index is 12.7. The van der Waals surface area contributed by atoms with Crippen LogP contribution < -0.4 is 0 Å². The Bertz CT molecular complexity index is 1390. The molecule has 0 aliphatic carbocycles. The number of aliphatic hydroxyl groups is 2. The third-order valence-electron chi connectivity index (χ3n) is 10.00. The second-order valence-corrected chi connectivity index (χ2v) is 19.4. The summed E-state index contributed by atoms with van der Waals surface area (Å²) in [5, 5.41) is 19.2. The van der Waals surface area contributed by atoms with Crippen LogP contribution in [0.4, 0.5) is 0 Å². The van der Waals surface area contributed by atoms with Gasteiger partial charge in [0.15, 0.2) is 6.10 Å². The van der Waals surface area contributed by atoms with Crippen LogP contribution in [0.1, 0.15) is 181 Å². The number of phosphoric acid groups is 2. The van der Waals surface area contributed by atoms with Gasteiger partial charge in [-0.2, -0.15) is 0 Å². The number of allylic oxidation sites excluding steroid dienone is 9. The van der Waals surface area contributed by atoms with Crippen LogP contribution in [0.15, 0.2) is 60.8 Å². The minimum absolute atomic E-state index is 0.102. The molecule has 0 aliphatic heterocycles. The zero-order valence-electron chi connectivity index (χ0n) is 39.4. The predicted octanol–water partition coefficient (Wildman–Crippen LogP) is 11.6. The molecule has 0 aromatic carbocycles. The van der Waals surface area contributed by atoms with E-state index in [0.29, 0.717) is 25.7 Å². The van der Waals surface area contributed by atoms with Crippen molar-refractivity contribution in [2.24, 2.45) is 5.92 Å². The van der Waals surface area contributed by atoms with E-state index in [1.54, 1.807) is 6.08 Å². The van der Waals surface area contributed by atoms with Crippen LogP contribution in [-0.4, -0.2) is 81.6 Å². The van der Waals surface area contributed by atoms with Crippen LogP contribution in [0.5, 0.6) is 0 Å². The topological polar surface area (TPSA) is 216 Å². The van der Waals surface area contributed by atoms with Crippen molar-refractivity contribution in [2.45, 2.75) is 200 Å². The molecule has 0 saturated carbocycles. The number of carbonyl (C=O) groups is 2. The minimum Gasteiger partial charge on any atom is -0.462 e. The molecule has 64 heavy (non-hydrogen) atoms. The number of phosphoric ester groups is 2. The molecule has 0 radical (unpaired) electrons. The lowest BCUT2D eigenvalue weighted by Gasteiger charge is -2.20. The van der Waals surface area contributed by atoms with E-state index < -0.39 is 72.3 Å². The van der Waals surface area contributed by atoms with Gasteiger partial charge in [-0.1, -0.05) is 184 Å². The summed E-state index contributed by atoms with van der Waals surface area (Å²) in [6.07, 6.45) is 41.7. The highest BCUT2D eigenvalue weighted by Gasteiger charge is 2.28. The molecule has 0 saturated heterocycles. The molecule has 0 aliphatic rings. The van der Waals surface area contributed by atoms with Crippen LogP contribution in [0.2, 0.25) is 0 Å². The summed E-state index contributed by atoms with van der Waals surface area (Å²) in [5.41, 5.74) is 0. The van der Waals surface area contributed by atoms with Crippen molar-refractivity contribution in [1.82, 2.24) is 0 Å². The zero-order chi connectivity index (χ0) is 47.6. The Hall–Kier alpha value is -2.22. The Labute approximate surface area is 385 Å². The average Bonchev–Trinajstić information content (AvgIpc) is 3.24. The molecule has 5 N–H and O–H groups in total. The highest BCUT2D eigenvalue weighted by atomic mass is 31.2. The molecule has 0 bridgehead atoms. The Kier molecular flexibility index (Phi) is 40.7. The van der Waals surface area contributed by atoms with Crippen LogP contribution in [0.3, 0.4) is 0 Å². The SMILES string of the molecule is CC[C@H](O)/C=C/C=C\C/C=C\C/C=C\C/C=C\CCCC(=O)OC[C@H](COP(=O)(O)OC[C@@H](O)COP(=O)(O)O)OC(=O)CCCCCCCCCCCCCCCCCCC(C)C. The summed E-state index contributed by atoms with van der Waals surface area (Å²) in [7, 11) is -9.71. The van der Waals surface area contributed by atoms with Crippen molar-refractivity contribution in [3.05, 3.63) is 60.8 Å². The Morgan fingerprint density at radius 1 is 0.547 bits per heavy atom. The van der Waals surface area contributed by atoms with Gasteiger partial charge in [0.05, 0.1) is 25.9 Å². The van der Waals surface area contributed by atoms with E-state index in [1.807, 2.05) is 37.3 Å². The first kappa shape index (κ1) is 61.8. The molecule has 0 amide bonds. The van der Waals surface area contributed by atoms with Gasteiger partial charge in [0.2, 0.25) is 0 Å². The number of aliphatic hydroxyl groups excluding tert-OH is 2. The third-order valence-corrected chi connectivity index (χ3v) is 11.4. The van der Waals surface area contributed by atoms with Gasteiger partial charge in [0.25, 0.3) is 0 Å². The fraction of sp³-hybridized carbons (Fsp3) is 0.750. The number of hydrogen-bond donors (Lipinski definition) is 5. The normalized spacial score (nSPS) is 15.0. The Morgan fingerprint density at radius 3 is 1.55 bits per heavy atom. The van der Waals surface area contributed by atoms with Gasteiger partial charge in [-0.3, -0.25) is 23.2 Å². The molecule has 0 aromatic rings.